The molecule has 0 saturated carbocycles. The average molecular weight is 419 g/mol. The van der Waals surface area contributed by atoms with E-state index in [9.17, 15) is 24.8 Å². The fourth-order valence-electron chi connectivity index (χ4n) is 2.80. The highest BCUT2D eigenvalue weighted by molar-refractivity contribution is 6.33. The van der Waals surface area contributed by atoms with Crippen LogP contribution in [0.1, 0.15) is 22.6 Å². The van der Waals surface area contributed by atoms with Crippen LogP contribution in [0.5, 0.6) is 17.2 Å². The molecule has 0 spiro atoms. The summed E-state index contributed by atoms with van der Waals surface area (Å²) in [4.78, 5) is 38.9. The Bertz CT molecular complexity index is 1200. The van der Waals surface area contributed by atoms with Gasteiger partial charge in [-0.25, -0.2) is 9.78 Å². The number of ether oxygens (including phenoxy) is 2. The van der Waals surface area contributed by atoms with Crippen LogP contribution in [0.25, 0.3) is 10.8 Å². The molecule has 0 aliphatic heterocycles. The second-order valence-corrected chi connectivity index (χ2v) is 6.31. The lowest BCUT2D eigenvalue weighted by Gasteiger charge is -2.11. The highest BCUT2D eigenvalue weighted by atomic mass is 16.5. The Morgan fingerprint density at radius 2 is 1.84 bits per heavy atom. The molecular weight excluding hydrogens is 402 g/mol. The monoisotopic (exact) mass is 419 g/mol. The standard InChI is InChI=1S/C22H17N3O6/c1-30-22(29)18(26)9-10-24-21(28)19-20(27)15-8-7-14(11-16(15)17(12-23)25-19)31-13-5-3-2-4-6-13/h2-8,11,27H,9-10H2,1H3,(H,24,28). The van der Waals surface area contributed by atoms with Crippen molar-refractivity contribution in [3.05, 3.63) is 59.9 Å². The highest BCUT2D eigenvalue weighted by Crippen LogP contribution is 2.33. The van der Waals surface area contributed by atoms with E-state index in [1.165, 1.54) is 6.07 Å². The third kappa shape index (κ3) is 4.76. The molecule has 3 aromatic rings. The van der Waals surface area contributed by atoms with E-state index in [0.717, 1.165) is 7.11 Å². The molecule has 0 bridgehead atoms. The SMILES string of the molecule is COC(=O)C(=O)CCNC(=O)c1nc(C#N)c2cc(Oc3ccccc3)ccc2c1O. The first-order valence-corrected chi connectivity index (χ1v) is 9.13. The molecular formula is C22H17N3O6. The molecule has 1 aromatic heterocycles. The van der Waals surface area contributed by atoms with Gasteiger partial charge < -0.3 is 19.9 Å². The number of ketones is 1. The number of carbonyl (C=O) groups is 3. The molecule has 0 saturated heterocycles. The van der Waals surface area contributed by atoms with Gasteiger partial charge in [0.05, 0.1) is 7.11 Å². The first-order valence-electron chi connectivity index (χ1n) is 9.13. The van der Waals surface area contributed by atoms with E-state index in [4.69, 9.17) is 4.74 Å². The Morgan fingerprint density at radius 3 is 2.52 bits per heavy atom. The highest BCUT2D eigenvalue weighted by Gasteiger charge is 2.20. The number of pyridine rings is 1. The predicted octanol–water partition coefficient (Wildman–Crippen LogP) is 2.47. The van der Waals surface area contributed by atoms with Crippen molar-refractivity contribution in [1.29, 1.82) is 5.26 Å². The van der Waals surface area contributed by atoms with Crippen molar-refractivity contribution >= 4 is 28.4 Å². The van der Waals surface area contributed by atoms with Gasteiger partial charge in [-0.15, -0.1) is 0 Å². The number of hydrogen-bond acceptors (Lipinski definition) is 8. The van der Waals surface area contributed by atoms with Gasteiger partial charge >= 0.3 is 5.97 Å². The molecule has 9 heteroatoms. The van der Waals surface area contributed by atoms with Gasteiger partial charge in [0.15, 0.2) is 11.4 Å². The Morgan fingerprint density at radius 1 is 1.10 bits per heavy atom. The number of benzene rings is 2. The number of nitriles is 1. The fraction of sp³-hybridized carbons (Fsp3) is 0.136. The van der Waals surface area contributed by atoms with Gasteiger partial charge in [0.1, 0.15) is 23.3 Å². The predicted molar refractivity (Wildman–Crippen MR) is 109 cm³/mol. The molecule has 2 aromatic carbocycles. The number of para-hydroxylation sites is 1. The van der Waals surface area contributed by atoms with Crippen LogP contribution in [0.3, 0.4) is 0 Å². The number of esters is 1. The smallest absolute Gasteiger partial charge is 0.374 e. The van der Waals surface area contributed by atoms with Gasteiger partial charge in [-0.3, -0.25) is 9.59 Å². The maximum Gasteiger partial charge on any atom is 0.374 e. The number of methoxy groups -OCH3 is 1. The molecule has 1 amide bonds. The number of amides is 1. The first kappa shape index (κ1) is 21.3. The zero-order chi connectivity index (χ0) is 22.4. The molecule has 0 atom stereocenters. The number of aromatic hydroxyl groups is 1. The van der Waals surface area contributed by atoms with Crippen LogP contribution in [0.4, 0.5) is 0 Å². The summed E-state index contributed by atoms with van der Waals surface area (Å²) in [5.74, 6) is -2.01. The molecule has 2 N–H and O–H groups in total. The number of rotatable bonds is 7. The second-order valence-electron chi connectivity index (χ2n) is 6.31. The Kier molecular flexibility index (Phi) is 6.42. The maximum absolute atomic E-state index is 12.4. The van der Waals surface area contributed by atoms with Crippen molar-refractivity contribution in [2.24, 2.45) is 0 Å². The summed E-state index contributed by atoms with van der Waals surface area (Å²) in [7, 11) is 1.08. The van der Waals surface area contributed by atoms with E-state index >= 15 is 0 Å². The summed E-state index contributed by atoms with van der Waals surface area (Å²) < 4.78 is 10.0. The van der Waals surface area contributed by atoms with E-state index in [2.05, 4.69) is 15.0 Å². The van der Waals surface area contributed by atoms with E-state index in [-0.39, 0.29) is 29.7 Å². The second kappa shape index (κ2) is 9.37. The van der Waals surface area contributed by atoms with Crippen LogP contribution in [-0.4, -0.2) is 41.4 Å². The van der Waals surface area contributed by atoms with Crippen LogP contribution in [0.2, 0.25) is 0 Å². The van der Waals surface area contributed by atoms with E-state index in [0.29, 0.717) is 16.9 Å². The number of aromatic nitrogens is 1. The zero-order valence-electron chi connectivity index (χ0n) is 16.4. The number of Topliss-reactive ketones (excluding diaryl/α,β-unsaturated/α-hetero) is 1. The zero-order valence-corrected chi connectivity index (χ0v) is 16.4. The van der Waals surface area contributed by atoms with E-state index in [1.807, 2.05) is 24.3 Å². The number of nitrogens with zero attached hydrogens (tertiary/aromatic N) is 2. The third-order valence-corrected chi connectivity index (χ3v) is 4.30. The Balaban J connectivity index is 1.85. The maximum atomic E-state index is 12.4. The molecule has 0 unspecified atom stereocenters. The van der Waals surface area contributed by atoms with Crippen molar-refractivity contribution in [3.8, 4) is 23.3 Å². The third-order valence-electron chi connectivity index (χ3n) is 4.30. The lowest BCUT2D eigenvalue weighted by atomic mass is 10.1. The van der Waals surface area contributed by atoms with Crippen molar-refractivity contribution in [2.45, 2.75) is 6.42 Å². The Hall–Kier alpha value is -4.45. The van der Waals surface area contributed by atoms with Crippen LogP contribution < -0.4 is 10.1 Å². The number of hydrogen-bond donors (Lipinski definition) is 2. The van der Waals surface area contributed by atoms with E-state index in [1.54, 1.807) is 24.3 Å². The van der Waals surface area contributed by atoms with Gasteiger partial charge in [0.2, 0.25) is 5.78 Å². The minimum Gasteiger partial charge on any atom is -0.505 e. The molecule has 31 heavy (non-hydrogen) atoms. The quantitative estimate of drug-likeness (QED) is 0.440. The lowest BCUT2D eigenvalue weighted by Crippen LogP contribution is -2.29. The summed E-state index contributed by atoms with van der Waals surface area (Å²) in [5, 5.41) is 23.0. The number of nitrogens with one attached hydrogen (secondary N) is 1. The summed E-state index contributed by atoms with van der Waals surface area (Å²) in [6.07, 6.45) is -0.280. The molecule has 3 rings (SSSR count). The van der Waals surface area contributed by atoms with E-state index < -0.39 is 23.4 Å². The van der Waals surface area contributed by atoms with Crippen molar-refractivity contribution < 1.29 is 29.0 Å². The topological polar surface area (TPSA) is 139 Å². The molecule has 0 aliphatic carbocycles. The fourth-order valence-corrected chi connectivity index (χ4v) is 2.80. The summed E-state index contributed by atoms with van der Waals surface area (Å²) in [5.41, 5.74) is -0.451. The van der Waals surface area contributed by atoms with Crippen molar-refractivity contribution in [2.75, 3.05) is 13.7 Å². The molecule has 1 heterocycles. The van der Waals surface area contributed by atoms with Gasteiger partial charge in [-0.1, -0.05) is 18.2 Å². The van der Waals surface area contributed by atoms with Gasteiger partial charge in [-0.05, 0) is 30.3 Å². The van der Waals surface area contributed by atoms with Crippen molar-refractivity contribution in [1.82, 2.24) is 10.3 Å². The molecule has 0 aliphatic rings. The molecule has 0 radical (unpaired) electrons. The minimum absolute atomic E-state index is 0.0814. The van der Waals surface area contributed by atoms with Crippen LogP contribution in [0.15, 0.2) is 48.5 Å². The summed E-state index contributed by atoms with van der Waals surface area (Å²) in [6.45, 7) is -0.169. The van der Waals surface area contributed by atoms with Crippen LogP contribution in [0, 0.1) is 11.3 Å². The van der Waals surface area contributed by atoms with Crippen LogP contribution >= 0.6 is 0 Å². The van der Waals surface area contributed by atoms with Gasteiger partial charge in [0.25, 0.3) is 5.91 Å². The molecule has 156 valence electrons. The largest absolute Gasteiger partial charge is 0.505 e. The van der Waals surface area contributed by atoms with Crippen LogP contribution in [-0.2, 0) is 14.3 Å². The molecule has 0 fully saturated rings. The Labute approximate surface area is 176 Å². The normalized spacial score (nSPS) is 10.2. The van der Waals surface area contributed by atoms with Gasteiger partial charge in [-0.2, -0.15) is 5.26 Å². The van der Waals surface area contributed by atoms with Crippen molar-refractivity contribution in [3.63, 3.8) is 0 Å². The number of fused-ring (bicyclic) bond motifs is 1. The van der Waals surface area contributed by atoms with Gasteiger partial charge in [0, 0.05) is 23.7 Å². The lowest BCUT2D eigenvalue weighted by molar-refractivity contribution is -0.151. The first-order chi connectivity index (χ1) is 14.9. The minimum atomic E-state index is -1.01. The number of carbonyl (C=O) groups excluding carboxylic acids is 3. The summed E-state index contributed by atoms with van der Waals surface area (Å²) in [6, 6.07) is 15.6. The average Bonchev–Trinajstić information content (AvgIpc) is 2.79. The summed E-state index contributed by atoms with van der Waals surface area (Å²) >= 11 is 0. The molecule has 9 nitrogen and oxygen atoms in total.